The summed E-state index contributed by atoms with van der Waals surface area (Å²) in [5.41, 5.74) is 2.21. The van der Waals surface area contributed by atoms with Gasteiger partial charge >= 0.3 is 17.9 Å². The summed E-state index contributed by atoms with van der Waals surface area (Å²) >= 11 is 6.92. The molecule has 31 heteroatoms. The van der Waals surface area contributed by atoms with Crippen LogP contribution in [0.2, 0.25) is 0 Å². The zero-order chi connectivity index (χ0) is 93.4. The molecule has 7 aromatic carbocycles. The summed E-state index contributed by atoms with van der Waals surface area (Å²) in [6.45, 7) is 27.8. The third-order valence-electron chi connectivity index (χ3n) is 19.6. The fourth-order valence-electron chi connectivity index (χ4n) is 13.3. The first-order chi connectivity index (χ1) is 61.8. The second-order valence-electron chi connectivity index (χ2n) is 29.2. The molecule has 5 fully saturated rings. The lowest BCUT2D eigenvalue weighted by molar-refractivity contribution is -0.106. The molecule has 6 N–H and O–H groups in total. The molecule has 2 amide bonds. The van der Waals surface area contributed by atoms with Gasteiger partial charge in [-0.05, 0) is 293 Å². The number of hydrogen-bond acceptors (Lipinski definition) is 26. The summed E-state index contributed by atoms with van der Waals surface area (Å²) in [6, 6.07) is 44.8. The first-order valence-electron chi connectivity index (χ1n) is 43.8. The van der Waals surface area contributed by atoms with Crippen LogP contribution >= 0.6 is 31.9 Å². The number of carboxylic acid groups (broad SMARTS) is 1. The Morgan fingerprint density at radius 3 is 1.27 bits per heavy atom. The number of rotatable bonds is 32. The van der Waals surface area contributed by atoms with Gasteiger partial charge in [0.05, 0.1) is 82.3 Å². The second kappa shape index (κ2) is 63.3. The zero-order valence-electron chi connectivity index (χ0n) is 75.8. The van der Waals surface area contributed by atoms with E-state index in [0.29, 0.717) is 126 Å². The predicted molar refractivity (Wildman–Crippen MR) is 493 cm³/mol. The van der Waals surface area contributed by atoms with Gasteiger partial charge in [-0.15, -0.1) is 0 Å². The van der Waals surface area contributed by atoms with Crippen LogP contribution in [0.3, 0.4) is 0 Å². The number of esters is 2. The summed E-state index contributed by atoms with van der Waals surface area (Å²) in [7, 11) is 2.64. The SMILES string of the molecule is C=COCC.CCOC(C)Oc1cccc(C(=O)N2CCCC[C@H]2CO)c1.CCOC(C)Oc1cccc(C(=O)N2CCCC[C@H]2COc2cccc(OC3CCCCO3)c2Br)c1.CCOC(C)Oc1cccc(C(=O)O)c1.CCOC(C)Oc1cccc(C(=O)OC)c1.COC(=O)c1cccc(O)c1.OC[C@@H]1CCCCN1.Oc1cccc(OC2CCCCO2)c1Br. The molecule has 5 heterocycles. The quantitative estimate of drug-likeness (QED) is 0.0130. The lowest BCUT2D eigenvalue weighted by Gasteiger charge is -2.35. The van der Waals surface area contributed by atoms with Gasteiger partial charge in [0, 0.05) is 69.5 Å². The van der Waals surface area contributed by atoms with Crippen molar-refractivity contribution in [3.05, 3.63) is 207 Å². The van der Waals surface area contributed by atoms with E-state index in [0.717, 1.165) is 114 Å². The third kappa shape index (κ3) is 41.3. The number of aromatic hydroxyl groups is 2. The number of amides is 2. The Bertz CT molecular complexity index is 4320. The van der Waals surface area contributed by atoms with Gasteiger partial charge in [0.1, 0.15) is 67.3 Å². The van der Waals surface area contributed by atoms with Gasteiger partial charge in [-0.25, -0.2) is 14.4 Å². The van der Waals surface area contributed by atoms with Crippen molar-refractivity contribution in [1.82, 2.24) is 15.1 Å². The van der Waals surface area contributed by atoms with Crippen LogP contribution in [0.25, 0.3) is 0 Å². The van der Waals surface area contributed by atoms with Crippen molar-refractivity contribution in [3.63, 3.8) is 0 Å². The highest BCUT2D eigenvalue weighted by Gasteiger charge is 2.31. The number of methoxy groups -OCH3 is 2. The van der Waals surface area contributed by atoms with Crippen molar-refractivity contribution in [2.75, 3.05) is 99.9 Å². The molecular formula is C97H133Br2N3O26. The molecule has 5 aliphatic heterocycles. The number of nitrogens with zero attached hydrogens (tertiary/aromatic N) is 2. The zero-order valence-corrected chi connectivity index (χ0v) is 78.9. The molecule has 0 bridgehead atoms. The number of phenols is 2. The number of aliphatic hydroxyl groups excluding tert-OH is 2. The minimum absolute atomic E-state index is 0.0107. The van der Waals surface area contributed by atoms with Crippen LogP contribution in [0.1, 0.15) is 210 Å². The average Bonchev–Trinajstić information content (AvgIpc) is 0.818. The number of halogens is 2. The van der Waals surface area contributed by atoms with Crippen molar-refractivity contribution in [1.29, 1.82) is 0 Å². The Kier molecular flexibility index (Phi) is 53.7. The molecule has 128 heavy (non-hydrogen) atoms. The Balaban J connectivity index is 0.000000275. The molecule has 706 valence electrons. The minimum Gasteiger partial charge on any atom is -0.508 e. The van der Waals surface area contributed by atoms with E-state index in [1.54, 1.807) is 104 Å². The Morgan fingerprint density at radius 2 is 0.867 bits per heavy atom. The minimum atomic E-state index is -0.968. The van der Waals surface area contributed by atoms with Gasteiger partial charge in [0.15, 0.2) is 37.7 Å². The van der Waals surface area contributed by atoms with E-state index in [4.69, 9.17) is 76.9 Å². The summed E-state index contributed by atoms with van der Waals surface area (Å²) < 4.78 is 87.6. The molecule has 5 aliphatic rings. The Morgan fingerprint density at radius 1 is 0.469 bits per heavy atom. The summed E-state index contributed by atoms with van der Waals surface area (Å²) in [5, 5.41) is 48.5. The maximum atomic E-state index is 13.5. The van der Waals surface area contributed by atoms with Crippen molar-refractivity contribution in [2.24, 2.45) is 0 Å². The molecule has 7 aromatic rings. The van der Waals surface area contributed by atoms with Crippen LogP contribution in [0.15, 0.2) is 180 Å². The summed E-state index contributed by atoms with van der Waals surface area (Å²) in [6.07, 6.45) is 15.3. The van der Waals surface area contributed by atoms with Crippen molar-refractivity contribution < 1.29 is 125 Å². The van der Waals surface area contributed by atoms with Crippen LogP contribution in [-0.2, 0) is 42.6 Å². The molecule has 5 saturated heterocycles. The number of phenolic OH excluding ortho intramolecular Hbond substituents is 2. The molecule has 29 nitrogen and oxygen atoms in total. The number of nitrogens with one attached hydrogen (secondary N) is 1. The second-order valence-corrected chi connectivity index (χ2v) is 30.8. The average molecular weight is 1920 g/mol. The number of likely N-dealkylation sites (tertiary alicyclic amines) is 2. The lowest BCUT2D eigenvalue weighted by atomic mass is 10.0. The Hall–Kier alpha value is -9.77. The lowest BCUT2D eigenvalue weighted by Crippen LogP contribution is -2.46. The molecular weight excluding hydrogens is 1780 g/mol. The van der Waals surface area contributed by atoms with E-state index in [1.807, 2.05) is 102 Å². The van der Waals surface area contributed by atoms with Crippen LogP contribution in [0, 0.1) is 0 Å². The highest BCUT2D eigenvalue weighted by molar-refractivity contribution is 9.11. The van der Waals surface area contributed by atoms with Gasteiger partial charge < -0.3 is 116 Å². The van der Waals surface area contributed by atoms with Crippen molar-refractivity contribution in [2.45, 2.75) is 214 Å². The fraction of sp³-hybridized carbons (Fsp3) is 0.495. The molecule has 0 radical (unpaired) electrons. The molecule has 0 aromatic heterocycles. The van der Waals surface area contributed by atoms with Crippen LogP contribution in [-0.4, -0.2) is 221 Å². The summed E-state index contributed by atoms with van der Waals surface area (Å²) in [5.74, 6) is 2.74. The first-order valence-corrected chi connectivity index (χ1v) is 45.4. The number of carboxylic acids is 1. The van der Waals surface area contributed by atoms with Gasteiger partial charge in [0.2, 0.25) is 0 Å². The van der Waals surface area contributed by atoms with Crippen LogP contribution < -0.4 is 38.5 Å². The molecule has 0 saturated carbocycles. The van der Waals surface area contributed by atoms with E-state index >= 15 is 0 Å². The number of hydrogen-bond donors (Lipinski definition) is 6. The molecule has 12 rings (SSSR count). The maximum absolute atomic E-state index is 13.5. The molecule has 6 unspecified atom stereocenters. The largest absolute Gasteiger partial charge is 0.508 e. The van der Waals surface area contributed by atoms with E-state index in [2.05, 4.69) is 58.0 Å². The van der Waals surface area contributed by atoms with Crippen molar-refractivity contribution >= 4 is 61.6 Å². The van der Waals surface area contributed by atoms with E-state index in [9.17, 15) is 34.2 Å². The van der Waals surface area contributed by atoms with Crippen molar-refractivity contribution in [3.8, 4) is 51.7 Å². The van der Waals surface area contributed by atoms with Gasteiger partial charge in [-0.3, -0.25) is 9.59 Å². The standard InChI is InChI=1S/C28H36BrNO6.C17H25NO4.C12H16O4.C11H13BrO3.C11H14O4.C8H8O3.C6H13NO.C4H8O/c1-3-32-20(2)35-23-12-8-10-21(18-23)28(31)30-16-6-4-11-22(30)19-34-24-13-9-14-25(27(24)29)36-26-15-5-7-17-33-26;1-3-21-13(2)22-16-9-6-7-14(11-16)17(20)18-10-5-4-8-15(18)12-19;1-4-15-9(2)16-11-7-5-6-10(8-11)12(13)14-3;12-11-8(13)4-3-5-9(11)15-10-6-1-2-7-14-10;1-3-14-8(2)15-10-6-4-5-9(7-10)11(12)13;1-11-8(10)6-3-2-4-7(9)5-6;8-5-6-3-1-2-4-7-6;1-3-5-4-2/h8-10,12-14,18,20,22,26H,3-7,11,15-17,19H2,1-2H3;6-7,9,11,13,15,19H,3-5,8,10,12H2,1-2H3;5-9H,4H2,1-3H3;3-5,10,13H,1-2,6-7H2;4-8H,3H2,1-2H3,(H,12,13);2-5,9H,1H3;6-8H,1-5H2;3H,1,4H2,2H3/t20?,22-,26?;13?,15-;;;;;6-;/m00....0./s1. The van der Waals surface area contributed by atoms with Gasteiger partial charge in [0.25, 0.3) is 11.8 Å². The topological polar surface area (TPSA) is 353 Å². The normalized spacial score (nSPS) is 17.7. The number of carbonyl (C=O) groups is 5. The number of aromatic carboxylic acids is 1. The van der Waals surface area contributed by atoms with Gasteiger partial charge in [-0.1, -0.05) is 55.5 Å². The molecule has 0 aliphatic carbocycles. The Labute approximate surface area is 771 Å². The maximum Gasteiger partial charge on any atom is 0.337 e. The van der Waals surface area contributed by atoms with E-state index in [1.165, 1.54) is 57.6 Å². The smallest absolute Gasteiger partial charge is 0.337 e. The number of benzene rings is 7. The first kappa shape index (κ1) is 109. The highest BCUT2D eigenvalue weighted by atomic mass is 79.9. The summed E-state index contributed by atoms with van der Waals surface area (Å²) in [4.78, 5) is 62.6. The van der Waals surface area contributed by atoms with Gasteiger partial charge in [-0.2, -0.15) is 0 Å². The van der Waals surface area contributed by atoms with E-state index < -0.39 is 11.9 Å². The third-order valence-corrected chi connectivity index (χ3v) is 21.2. The molecule has 0 spiro atoms. The fourth-order valence-corrected chi connectivity index (χ4v) is 14.1. The monoisotopic (exact) mass is 1910 g/mol. The number of carbonyl (C=O) groups excluding carboxylic acids is 4. The van der Waals surface area contributed by atoms with E-state index in [-0.39, 0.29) is 91.3 Å². The van der Waals surface area contributed by atoms with Crippen LogP contribution in [0.5, 0.6) is 51.7 Å². The number of ether oxygens (including phenoxy) is 16. The highest BCUT2D eigenvalue weighted by Crippen LogP contribution is 2.38. The van der Waals surface area contributed by atoms with Crippen LogP contribution in [0.4, 0.5) is 0 Å². The molecule has 9 atom stereocenters. The number of aliphatic hydroxyl groups is 2. The predicted octanol–water partition coefficient (Wildman–Crippen LogP) is 18.5. The number of piperidine rings is 3.